The Morgan fingerprint density at radius 2 is 1.67 bits per heavy atom. The van der Waals surface area contributed by atoms with Crippen molar-refractivity contribution in [1.29, 1.82) is 0 Å². The highest BCUT2D eigenvalue weighted by molar-refractivity contribution is 6.09. The van der Waals surface area contributed by atoms with Crippen molar-refractivity contribution in [3.8, 4) is 5.75 Å². The van der Waals surface area contributed by atoms with Crippen LogP contribution >= 0.6 is 0 Å². The van der Waals surface area contributed by atoms with Crippen LogP contribution in [0.25, 0.3) is 0 Å². The molecule has 3 aromatic rings. The van der Waals surface area contributed by atoms with E-state index in [2.05, 4.69) is 24.4 Å². The molecule has 1 fully saturated rings. The summed E-state index contributed by atoms with van der Waals surface area (Å²) < 4.78 is 5.86. The summed E-state index contributed by atoms with van der Waals surface area (Å²) in [7, 11) is 0. The molecule has 0 aliphatic carbocycles. The van der Waals surface area contributed by atoms with Gasteiger partial charge >= 0.3 is 0 Å². The third-order valence-electron chi connectivity index (χ3n) is 6.08. The van der Waals surface area contributed by atoms with E-state index < -0.39 is 0 Å². The Morgan fingerprint density at radius 1 is 0.939 bits per heavy atom. The van der Waals surface area contributed by atoms with Gasteiger partial charge in [-0.1, -0.05) is 55.5 Å². The molecule has 1 N–H and O–H groups in total. The van der Waals surface area contributed by atoms with E-state index in [0.717, 1.165) is 32.4 Å². The fourth-order valence-electron chi connectivity index (χ4n) is 4.01. The maximum atomic E-state index is 13.1. The van der Waals surface area contributed by atoms with Crippen LogP contribution in [0.1, 0.15) is 46.0 Å². The summed E-state index contributed by atoms with van der Waals surface area (Å²) in [4.78, 5) is 27.9. The Bertz CT molecular complexity index is 1090. The molecule has 0 atom stereocenters. The number of benzene rings is 3. The molecule has 0 spiro atoms. The van der Waals surface area contributed by atoms with Crippen molar-refractivity contribution in [3.05, 3.63) is 95.6 Å². The number of nitrogens with zero attached hydrogens (tertiary/aromatic N) is 1. The summed E-state index contributed by atoms with van der Waals surface area (Å²) >= 11 is 0. The van der Waals surface area contributed by atoms with Gasteiger partial charge in [0.15, 0.2) is 0 Å². The van der Waals surface area contributed by atoms with E-state index in [1.165, 1.54) is 5.56 Å². The van der Waals surface area contributed by atoms with Gasteiger partial charge in [0.2, 0.25) is 0 Å². The first-order valence-electron chi connectivity index (χ1n) is 11.6. The molecule has 0 saturated carbocycles. The van der Waals surface area contributed by atoms with E-state index in [1.807, 2.05) is 41.3 Å². The molecular weight excluding hydrogens is 412 g/mol. The lowest BCUT2D eigenvalue weighted by molar-refractivity contribution is 0.0698. The van der Waals surface area contributed by atoms with E-state index in [9.17, 15) is 9.59 Å². The molecule has 1 aliphatic heterocycles. The number of carbonyl (C=O) groups is 2. The number of carbonyl (C=O) groups excluding carboxylic acids is 2. The minimum absolute atomic E-state index is 0.0317. The van der Waals surface area contributed by atoms with E-state index in [1.54, 1.807) is 30.3 Å². The highest BCUT2D eigenvalue weighted by atomic mass is 16.5. The summed E-state index contributed by atoms with van der Waals surface area (Å²) in [6, 6.07) is 24.5. The summed E-state index contributed by atoms with van der Waals surface area (Å²) in [6.45, 7) is 4.26. The van der Waals surface area contributed by atoms with Crippen LogP contribution in [0.15, 0.2) is 78.9 Å². The Balaban J connectivity index is 1.40. The fraction of sp³-hybridized carbons (Fsp3) is 0.286. The van der Waals surface area contributed by atoms with Gasteiger partial charge in [0, 0.05) is 25.1 Å². The summed E-state index contributed by atoms with van der Waals surface area (Å²) in [5.41, 5.74) is 2.74. The van der Waals surface area contributed by atoms with Gasteiger partial charge < -0.3 is 15.0 Å². The molecule has 33 heavy (non-hydrogen) atoms. The molecule has 1 aliphatic rings. The first-order chi connectivity index (χ1) is 16.1. The second-order valence-corrected chi connectivity index (χ2v) is 8.59. The quantitative estimate of drug-likeness (QED) is 0.531. The number of hydrogen-bond acceptors (Lipinski definition) is 3. The van der Waals surface area contributed by atoms with E-state index in [-0.39, 0.29) is 11.8 Å². The average molecular weight is 443 g/mol. The number of para-hydroxylation sites is 1. The molecule has 1 heterocycles. The van der Waals surface area contributed by atoms with Gasteiger partial charge in [0.25, 0.3) is 11.8 Å². The van der Waals surface area contributed by atoms with Crippen LogP contribution in [0.4, 0.5) is 5.69 Å². The number of nitrogens with one attached hydrogen (secondary N) is 1. The van der Waals surface area contributed by atoms with E-state index in [0.29, 0.717) is 35.1 Å². The van der Waals surface area contributed by atoms with Crippen molar-refractivity contribution in [2.24, 2.45) is 5.92 Å². The predicted octanol–water partition coefficient (Wildman–Crippen LogP) is 5.43. The number of hydrogen-bond donors (Lipinski definition) is 1. The van der Waals surface area contributed by atoms with Crippen molar-refractivity contribution in [2.75, 3.05) is 25.0 Å². The smallest absolute Gasteiger partial charge is 0.255 e. The minimum atomic E-state index is -0.268. The molecule has 0 radical (unpaired) electrons. The third kappa shape index (κ3) is 6.01. The molecule has 0 aromatic heterocycles. The van der Waals surface area contributed by atoms with E-state index in [4.69, 9.17) is 4.74 Å². The summed E-state index contributed by atoms with van der Waals surface area (Å²) in [5.74, 6) is 0.989. The topological polar surface area (TPSA) is 58.6 Å². The molecule has 1 saturated heterocycles. The Hall–Kier alpha value is -3.60. The monoisotopic (exact) mass is 442 g/mol. The zero-order valence-corrected chi connectivity index (χ0v) is 19.0. The lowest BCUT2D eigenvalue weighted by Crippen LogP contribution is -2.38. The second-order valence-electron chi connectivity index (χ2n) is 8.59. The van der Waals surface area contributed by atoms with Gasteiger partial charge in [0.05, 0.1) is 17.9 Å². The second kappa shape index (κ2) is 10.8. The van der Waals surface area contributed by atoms with Gasteiger partial charge in [0.1, 0.15) is 5.75 Å². The minimum Gasteiger partial charge on any atom is -0.493 e. The molecule has 3 aromatic carbocycles. The predicted molar refractivity (Wildman–Crippen MR) is 131 cm³/mol. The fourth-order valence-corrected chi connectivity index (χ4v) is 4.01. The lowest BCUT2D eigenvalue weighted by Gasteiger charge is -2.30. The third-order valence-corrected chi connectivity index (χ3v) is 6.08. The van der Waals surface area contributed by atoms with Crippen LogP contribution in [0.5, 0.6) is 5.75 Å². The van der Waals surface area contributed by atoms with Crippen molar-refractivity contribution < 1.29 is 14.3 Å². The van der Waals surface area contributed by atoms with Crippen LogP contribution in [-0.2, 0) is 6.42 Å². The first kappa shape index (κ1) is 22.6. The lowest BCUT2D eigenvalue weighted by atomic mass is 9.98. The number of likely N-dealkylation sites (tertiary alicyclic amines) is 1. The number of amides is 2. The Labute approximate surface area is 195 Å². The van der Waals surface area contributed by atoms with Crippen molar-refractivity contribution >= 4 is 17.5 Å². The van der Waals surface area contributed by atoms with Crippen LogP contribution in [-0.4, -0.2) is 36.4 Å². The van der Waals surface area contributed by atoms with Crippen molar-refractivity contribution in [1.82, 2.24) is 4.90 Å². The molecule has 0 bridgehead atoms. The number of piperidine rings is 1. The van der Waals surface area contributed by atoms with Gasteiger partial charge in [-0.2, -0.15) is 0 Å². The van der Waals surface area contributed by atoms with Gasteiger partial charge in [-0.25, -0.2) is 0 Å². The standard InChI is InChI=1S/C28H30N2O3/c1-21-14-17-30(18-15-21)28(32)25-12-5-6-13-26(25)29-27(31)23-10-7-11-24(20-23)33-19-16-22-8-3-2-4-9-22/h2-13,20-21H,14-19H2,1H3,(H,29,31). The van der Waals surface area contributed by atoms with Crippen LogP contribution in [0, 0.1) is 5.92 Å². The van der Waals surface area contributed by atoms with E-state index >= 15 is 0 Å². The van der Waals surface area contributed by atoms with Crippen LogP contribution in [0.3, 0.4) is 0 Å². The summed E-state index contributed by atoms with van der Waals surface area (Å²) in [6.07, 6.45) is 2.82. The highest BCUT2D eigenvalue weighted by Gasteiger charge is 2.23. The van der Waals surface area contributed by atoms with Crippen LogP contribution < -0.4 is 10.1 Å². The molecule has 0 unspecified atom stereocenters. The van der Waals surface area contributed by atoms with Gasteiger partial charge in [-0.15, -0.1) is 0 Å². The Kier molecular flexibility index (Phi) is 7.40. The van der Waals surface area contributed by atoms with Crippen molar-refractivity contribution in [3.63, 3.8) is 0 Å². The SMILES string of the molecule is CC1CCN(C(=O)c2ccccc2NC(=O)c2cccc(OCCc3ccccc3)c2)CC1. The Morgan fingerprint density at radius 3 is 2.45 bits per heavy atom. The normalized spacial score (nSPS) is 14.0. The van der Waals surface area contributed by atoms with Crippen molar-refractivity contribution in [2.45, 2.75) is 26.2 Å². The number of anilines is 1. The number of rotatable bonds is 7. The molecule has 5 nitrogen and oxygen atoms in total. The highest BCUT2D eigenvalue weighted by Crippen LogP contribution is 2.23. The number of ether oxygens (including phenoxy) is 1. The molecule has 4 rings (SSSR count). The maximum absolute atomic E-state index is 13.1. The molecular formula is C28H30N2O3. The zero-order valence-electron chi connectivity index (χ0n) is 19.0. The molecule has 170 valence electrons. The molecule has 2 amide bonds. The zero-order chi connectivity index (χ0) is 23.0. The largest absolute Gasteiger partial charge is 0.493 e. The average Bonchev–Trinajstić information content (AvgIpc) is 2.85. The first-order valence-corrected chi connectivity index (χ1v) is 11.6. The van der Waals surface area contributed by atoms with Gasteiger partial charge in [-0.3, -0.25) is 9.59 Å². The van der Waals surface area contributed by atoms with Crippen LogP contribution in [0.2, 0.25) is 0 Å². The summed E-state index contributed by atoms with van der Waals surface area (Å²) in [5, 5.41) is 2.92. The molecule has 5 heteroatoms. The van der Waals surface area contributed by atoms with Gasteiger partial charge in [-0.05, 0) is 54.7 Å². The maximum Gasteiger partial charge on any atom is 0.255 e.